The highest BCUT2D eigenvalue weighted by Gasteiger charge is 2.15. The zero-order chi connectivity index (χ0) is 13.9. The monoisotopic (exact) mass is 250 g/mol. The second-order valence-corrected chi connectivity index (χ2v) is 5.22. The third kappa shape index (κ3) is 3.39. The topological polar surface area (TPSA) is 66.6 Å². The van der Waals surface area contributed by atoms with Gasteiger partial charge in [-0.15, -0.1) is 0 Å². The maximum absolute atomic E-state index is 11.1. The van der Waals surface area contributed by atoms with Crippen LogP contribution in [0.5, 0.6) is 0 Å². The second kappa shape index (κ2) is 5.76. The van der Waals surface area contributed by atoms with E-state index in [4.69, 9.17) is 10.8 Å². The van der Waals surface area contributed by atoms with Crippen LogP contribution in [0.2, 0.25) is 0 Å². The Labute approximate surface area is 108 Å². The number of hydrogen-bond donors (Lipinski definition) is 2. The molecule has 18 heavy (non-hydrogen) atoms. The Kier molecular flexibility index (Phi) is 4.59. The van der Waals surface area contributed by atoms with Gasteiger partial charge < -0.3 is 15.7 Å². The summed E-state index contributed by atoms with van der Waals surface area (Å²) in [6.07, 6.45) is 0. The summed E-state index contributed by atoms with van der Waals surface area (Å²) < 4.78 is 0. The lowest BCUT2D eigenvalue weighted by Gasteiger charge is -2.31. The summed E-state index contributed by atoms with van der Waals surface area (Å²) in [6.45, 7) is 9.37. The van der Waals surface area contributed by atoms with Gasteiger partial charge in [0, 0.05) is 24.0 Å². The van der Waals surface area contributed by atoms with Gasteiger partial charge in [-0.2, -0.15) is 0 Å². The number of carbonyl (C=O) groups is 1. The quantitative estimate of drug-likeness (QED) is 0.789. The van der Waals surface area contributed by atoms with Gasteiger partial charge in [0.1, 0.15) is 0 Å². The van der Waals surface area contributed by atoms with Gasteiger partial charge in [-0.25, -0.2) is 4.79 Å². The minimum Gasteiger partial charge on any atom is -0.478 e. The SMILES string of the molecule is CC(C)CN(c1ccc(N)c(C(=O)O)c1)C(C)C. The molecule has 0 aliphatic carbocycles. The van der Waals surface area contributed by atoms with Crippen molar-refractivity contribution in [1.29, 1.82) is 0 Å². The van der Waals surface area contributed by atoms with E-state index in [1.165, 1.54) is 0 Å². The molecule has 0 saturated carbocycles. The Hall–Kier alpha value is -1.71. The summed E-state index contributed by atoms with van der Waals surface area (Å²) >= 11 is 0. The predicted octanol–water partition coefficient (Wildman–Crippen LogP) is 2.84. The van der Waals surface area contributed by atoms with E-state index in [0.29, 0.717) is 17.6 Å². The molecule has 0 heterocycles. The molecule has 100 valence electrons. The molecule has 0 amide bonds. The van der Waals surface area contributed by atoms with E-state index >= 15 is 0 Å². The van der Waals surface area contributed by atoms with Crippen LogP contribution >= 0.6 is 0 Å². The summed E-state index contributed by atoms with van der Waals surface area (Å²) in [5, 5.41) is 9.09. The van der Waals surface area contributed by atoms with Crippen molar-refractivity contribution in [3.05, 3.63) is 23.8 Å². The molecule has 4 heteroatoms. The van der Waals surface area contributed by atoms with Crippen molar-refractivity contribution in [2.75, 3.05) is 17.2 Å². The van der Waals surface area contributed by atoms with E-state index in [9.17, 15) is 4.79 Å². The first-order chi connectivity index (χ1) is 8.32. The van der Waals surface area contributed by atoms with Crippen LogP contribution in [-0.4, -0.2) is 23.7 Å². The lowest BCUT2D eigenvalue weighted by Crippen LogP contribution is -2.34. The summed E-state index contributed by atoms with van der Waals surface area (Å²) in [5.74, 6) is -0.471. The highest BCUT2D eigenvalue weighted by molar-refractivity contribution is 5.94. The number of rotatable bonds is 5. The zero-order valence-corrected chi connectivity index (χ0v) is 11.5. The van der Waals surface area contributed by atoms with E-state index in [1.54, 1.807) is 12.1 Å². The Morgan fingerprint density at radius 2 is 1.94 bits per heavy atom. The summed E-state index contributed by atoms with van der Waals surface area (Å²) in [7, 11) is 0. The van der Waals surface area contributed by atoms with E-state index in [-0.39, 0.29) is 5.56 Å². The van der Waals surface area contributed by atoms with Crippen molar-refractivity contribution < 1.29 is 9.90 Å². The van der Waals surface area contributed by atoms with Gasteiger partial charge in [0.25, 0.3) is 0 Å². The number of nitrogens with two attached hydrogens (primary N) is 1. The van der Waals surface area contributed by atoms with Crippen molar-refractivity contribution in [3.8, 4) is 0 Å². The van der Waals surface area contributed by atoms with Crippen LogP contribution in [0.4, 0.5) is 11.4 Å². The van der Waals surface area contributed by atoms with Crippen molar-refractivity contribution in [2.24, 2.45) is 5.92 Å². The molecule has 0 radical (unpaired) electrons. The third-order valence-electron chi connectivity index (χ3n) is 2.78. The molecule has 0 saturated heterocycles. The Balaban J connectivity index is 3.13. The van der Waals surface area contributed by atoms with Crippen molar-refractivity contribution in [1.82, 2.24) is 0 Å². The highest BCUT2D eigenvalue weighted by Crippen LogP contribution is 2.24. The van der Waals surface area contributed by atoms with E-state index in [0.717, 1.165) is 12.2 Å². The van der Waals surface area contributed by atoms with Gasteiger partial charge in [0.15, 0.2) is 0 Å². The van der Waals surface area contributed by atoms with Crippen LogP contribution in [0.1, 0.15) is 38.1 Å². The van der Waals surface area contributed by atoms with Crippen molar-refractivity contribution in [3.63, 3.8) is 0 Å². The lowest BCUT2D eigenvalue weighted by atomic mass is 10.1. The molecule has 0 aliphatic rings. The predicted molar refractivity (Wildman–Crippen MR) is 75.1 cm³/mol. The molecular formula is C14H22N2O2. The lowest BCUT2D eigenvalue weighted by molar-refractivity contribution is 0.0698. The summed E-state index contributed by atoms with van der Waals surface area (Å²) in [6, 6.07) is 5.51. The molecule has 0 fully saturated rings. The molecule has 1 aromatic carbocycles. The fourth-order valence-electron chi connectivity index (χ4n) is 1.92. The number of carboxylic acids is 1. The first kappa shape index (κ1) is 14.4. The van der Waals surface area contributed by atoms with Gasteiger partial charge >= 0.3 is 5.97 Å². The molecule has 3 N–H and O–H groups in total. The van der Waals surface area contributed by atoms with Crippen molar-refractivity contribution in [2.45, 2.75) is 33.7 Å². The number of benzene rings is 1. The Bertz CT molecular complexity index is 428. The average Bonchev–Trinajstić information content (AvgIpc) is 2.26. The van der Waals surface area contributed by atoms with Crippen LogP contribution in [0.25, 0.3) is 0 Å². The third-order valence-corrected chi connectivity index (χ3v) is 2.78. The number of carboxylic acid groups (broad SMARTS) is 1. The fraction of sp³-hybridized carbons (Fsp3) is 0.500. The first-order valence-corrected chi connectivity index (χ1v) is 6.22. The highest BCUT2D eigenvalue weighted by atomic mass is 16.4. The number of aromatic carboxylic acids is 1. The van der Waals surface area contributed by atoms with Crippen molar-refractivity contribution >= 4 is 17.3 Å². The van der Waals surface area contributed by atoms with Crippen LogP contribution in [0.15, 0.2) is 18.2 Å². The average molecular weight is 250 g/mol. The molecule has 0 unspecified atom stereocenters. The molecule has 0 atom stereocenters. The standard InChI is InChI=1S/C14H22N2O2/c1-9(2)8-16(10(3)4)11-5-6-13(15)12(7-11)14(17)18/h5-7,9-10H,8,15H2,1-4H3,(H,17,18). The van der Waals surface area contributed by atoms with Gasteiger partial charge in [-0.05, 0) is 38.0 Å². The van der Waals surface area contributed by atoms with Gasteiger partial charge in [0.05, 0.1) is 5.56 Å². The van der Waals surface area contributed by atoms with Gasteiger partial charge in [-0.1, -0.05) is 13.8 Å². The molecule has 1 aromatic rings. The normalized spacial score (nSPS) is 11.0. The van der Waals surface area contributed by atoms with Crippen LogP contribution in [0, 0.1) is 5.92 Å². The zero-order valence-electron chi connectivity index (χ0n) is 11.5. The maximum Gasteiger partial charge on any atom is 0.337 e. The minimum atomic E-state index is -0.984. The molecule has 0 aromatic heterocycles. The van der Waals surface area contributed by atoms with Gasteiger partial charge in [0.2, 0.25) is 0 Å². The summed E-state index contributed by atoms with van der Waals surface area (Å²) in [5.41, 5.74) is 7.05. The van der Waals surface area contributed by atoms with E-state index < -0.39 is 5.97 Å². The largest absolute Gasteiger partial charge is 0.478 e. The van der Waals surface area contributed by atoms with Gasteiger partial charge in [-0.3, -0.25) is 0 Å². The Morgan fingerprint density at radius 3 is 2.39 bits per heavy atom. The van der Waals surface area contributed by atoms with Crippen LogP contribution in [-0.2, 0) is 0 Å². The van der Waals surface area contributed by atoms with Crippen LogP contribution < -0.4 is 10.6 Å². The molecule has 4 nitrogen and oxygen atoms in total. The number of anilines is 2. The van der Waals surface area contributed by atoms with Crippen LogP contribution in [0.3, 0.4) is 0 Å². The van der Waals surface area contributed by atoms with E-state index in [2.05, 4.69) is 32.6 Å². The fourth-order valence-corrected chi connectivity index (χ4v) is 1.92. The summed E-state index contributed by atoms with van der Waals surface area (Å²) in [4.78, 5) is 13.3. The minimum absolute atomic E-state index is 0.168. The second-order valence-electron chi connectivity index (χ2n) is 5.22. The Morgan fingerprint density at radius 1 is 1.33 bits per heavy atom. The molecule has 1 rings (SSSR count). The maximum atomic E-state index is 11.1. The first-order valence-electron chi connectivity index (χ1n) is 6.22. The number of hydrogen-bond acceptors (Lipinski definition) is 3. The smallest absolute Gasteiger partial charge is 0.337 e. The number of nitrogen functional groups attached to an aromatic ring is 1. The molecular weight excluding hydrogens is 228 g/mol. The molecule has 0 spiro atoms. The molecule has 0 bridgehead atoms. The molecule has 0 aliphatic heterocycles. The number of nitrogens with zero attached hydrogens (tertiary/aromatic N) is 1. The van der Waals surface area contributed by atoms with E-state index in [1.807, 2.05) is 6.07 Å².